The zero-order valence-electron chi connectivity index (χ0n) is 17.9. The molecule has 1 aliphatic carbocycles. The summed E-state index contributed by atoms with van der Waals surface area (Å²) in [4.78, 5) is 34.8. The van der Waals surface area contributed by atoms with Crippen molar-refractivity contribution in [2.75, 3.05) is 13.6 Å². The largest absolute Gasteiger partial charge is 0.360 e. The Bertz CT molecular complexity index is 874. The Hall–Kier alpha value is -2.22. The van der Waals surface area contributed by atoms with Gasteiger partial charge in [0.15, 0.2) is 5.82 Å². The topological polar surface area (TPSA) is 88.8 Å². The van der Waals surface area contributed by atoms with Gasteiger partial charge >= 0.3 is 0 Å². The van der Waals surface area contributed by atoms with Crippen LogP contribution in [0.25, 0.3) is 0 Å². The molecule has 3 fully saturated rings. The molecule has 1 saturated carbocycles. The van der Waals surface area contributed by atoms with Crippen molar-refractivity contribution in [1.82, 2.24) is 19.9 Å². The number of amides is 2. The molecule has 4 aliphatic rings. The highest BCUT2D eigenvalue weighted by Gasteiger charge is 2.67. The molecule has 0 aromatic carbocycles. The molecular formula is C22H30N4O4. The lowest BCUT2D eigenvalue weighted by molar-refractivity contribution is -0.143. The van der Waals surface area contributed by atoms with E-state index >= 15 is 0 Å². The fraction of sp³-hybridized carbons (Fsp3) is 0.727. The first-order valence-corrected chi connectivity index (χ1v) is 11.2. The summed E-state index contributed by atoms with van der Waals surface area (Å²) in [7, 11) is 1.74. The molecule has 4 heterocycles. The second-order valence-corrected chi connectivity index (χ2v) is 9.21. The lowest BCUT2D eigenvalue weighted by Gasteiger charge is -2.29. The van der Waals surface area contributed by atoms with E-state index in [0.29, 0.717) is 24.2 Å². The minimum Gasteiger partial charge on any atom is -0.360 e. The number of ether oxygens (including phenoxy) is 1. The molecule has 2 saturated heterocycles. The highest BCUT2D eigenvalue weighted by Crippen LogP contribution is 2.53. The maximum Gasteiger partial charge on any atom is 0.230 e. The molecule has 0 unspecified atom stereocenters. The van der Waals surface area contributed by atoms with Gasteiger partial charge in [-0.15, -0.1) is 0 Å². The van der Waals surface area contributed by atoms with Gasteiger partial charge < -0.3 is 19.1 Å². The number of fused-ring (bicyclic) bond motifs is 1. The fourth-order valence-electron chi connectivity index (χ4n) is 5.55. The van der Waals surface area contributed by atoms with Gasteiger partial charge in [-0.3, -0.25) is 9.59 Å². The highest BCUT2D eigenvalue weighted by atomic mass is 16.5. The van der Waals surface area contributed by atoms with Crippen LogP contribution >= 0.6 is 0 Å². The van der Waals surface area contributed by atoms with Crippen LogP contribution < -0.4 is 0 Å². The highest BCUT2D eigenvalue weighted by molar-refractivity contribution is 5.93. The summed E-state index contributed by atoms with van der Waals surface area (Å²) < 4.78 is 11.6. The Morgan fingerprint density at radius 2 is 2.13 bits per heavy atom. The monoisotopic (exact) mass is 414 g/mol. The molecule has 30 heavy (non-hydrogen) atoms. The van der Waals surface area contributed by atoms with Crippen molar-refractivity contribution in [2.45, 2.75) is 76.2 Å². The van der Waals surface area contributed by atoms with Crippen molar-refractivity contribution in [3.63, 3.8) is 0 Å². The van der Waals surface area contributed by atoms with Crippen LogP contribution in [-0.4, -0.2) is 63.1 Å². The fourth-order valence-corrected chi connectivity index (χ4v) is 5.55. The molecule has 2 amide bonds. The Balaban J connectivity index is 1.32. The van der Waals surface area contributed by atoms with E-state index in [1.165, 1.54) is 6.42 Å². The number of likely N-dealkylation sites (tertiary alicyclic amines) is 1. The van der Waals surface area contributed by atoms with Gasteiger partial charge in [0, 0.05) is 19.0 Å². The van der Waals surface area contributed by atoms with E-state index < -0.39 is 17.4 Å². The first-order valence-electron chi connectivity index (χ1n) is 11.2. The van der Waals surface area contributed by atoms with E-state index in [2.05, 4.69) is 24.0 Å². The SMILES string of the molecule is CCC(CC)N1C[C@]23C=C[C@H](O2)[C@@H](C(=O)N(C)Cc2noc(C4CCC4)n2)[C@@H]3C1=O. The van der Waals surface area contributed by atoms with Crippen molar-refractivity contribution in [3.8, 4) is 0 Å². The third-order valence-electron chi connectivity index (χ3n) is 7.49. The Kier molecular flexibility index (Phi) is 4.72. The van der Waals surface area contributed by atoms with Crippen LogP contribution in [-0.2, 0) is 20.9 Å². The van der Waals surface area contributed by atoms with Crippen LogP contribution in [0.5, 0.6) is 0 Å². The minimum absolute atomic E-state index is 0.0501. The van der Waals surface area contributed by atoms with Crippen LogP contribution in [0.15, 0.2) is 16.7 Å². The van der Waals surface area contributed by atoms with E-state index in [1.807, 2.05) is 17.1 Å². The quantitative estimate of drug-likeness (QED) is 0.636. The third kappa shape index (κ3) is 2.83. The van der Waals surface area contributed by atoms with Gasteiger partial charge in [0.05, 0.1) is 31.0 Å². The van der Waals surface area contributed by atoms with E-state index in [4.69, 9.17) is 9.26 Å². The van der Waals surface area contributed by atoms with Gasteiger partial charge in [0.1, 0.15) is 5.60 Å². The third-order valence-corrected chi connectivity index (χ3v) is 7.49. The molecule has 162 valence electrons. The van der Waals surface area contributed by atoms with Gasteiger partial charge in [0.2, 0.25) is 17.7 Å². The van der Waals surface area contributed by atoms with E-state index in [-0.39, 0.29) is 30.5 Å². The second-order valence-electron chi connectivity index (χ2n) is 9.21. The van der Waals surface area contributed by atoms with Crippen LogP contribution in [0.1, 0.15) is 63.6 Å². The average Bonchev–Trinajstić information content (AvgIpc) is 3.43. The average molecular weight is 415 g/mol. The van der Waals surface area contributed by atoms with Crippen molar-refractivity contribution >= 4 is 11.8 Å². The first-order chi connectivity index (χ1) is 14.5. The molecule has 0 radical (unpaired) electrons. The molecule has 1 aromatic rings. The van der Waals surface area contributed by atoms with Gasteiger partial charge in [-0.1, -0.05) is 37.6 Å². The van der Waals surface area contributed by atoms with Gasteiger partial charge in [0.25, 0.3) is 0 Å². The second kappa shape index (κ2) is 7.18. The molecule has 8 nitrogen and oxygen atoms in total. The summed E-state index contributed by atoms with van der Waals surface area (Å²) >= 11 is 0. The smallest absolute Gasteiger partial charge is 0.230 e. The summed E-state index contributed by atoms with van der Waals surface area (Å²) in [6, 6.07) is 0.186. The van der Waals surface area contributed by atoms with Gasteiger partial charge in [-0.25, -0.2) is 0 Å². The Labute approximate surface area is 176 Å². The molecule has 8 heteroatoms. The lowest BCUT2D eigenvalue weighted by Crippen LogP contribution is -2.45. The predicted molar refractivity (Wildman–Crippen MR) is 107 cm³/mol. The lowest BCUT2D eigenvalue weighted by atomic mass is 9.76. The molecule has 4 atom stereocenters. The summed E-state index contributed by atoms with van der Waals surface area (Å²) in [6.07, 6.45) is 8.80. The minimum atomic E-state index is -0.658. The molecular weight excluding hydrogens is 384 g/mol. The summed E-state index contributed by atoms with van der Waals surface area (Å²) in [5, 5.41) is 4.05. The van der Waals surface area contributed by atoms with Crippen molar-refractivity contribution in [2.24, 2.45) is 11.8 Å². The normalized spacial score (nSPS) is 32.2. The van der Waals surface area contributed by atoms with E-state index in [1.54, 1.807) is 11.9 Å². The zero-order valence-corrected chi connectivity index (χ0v) is 17.9. The Morgan fingerprint density at radius 1 is 1.37 bits per heavy atom. The molecule has 5 rings (SSSR count). The van der Waals surface area contributed by atoms with Crippen molar-refractivity contribution in [1.29, 1.82) is 0 Å². The van der Waals surface area contributed by atoms with E-state index in [9.17, 15) is 9.59 Å². The number of carbonyl (C=O) groups excluding carboxylic acids is 2. The number of aromatic nitrogens is 2. The van der Waals surface area contributed by atoms with Crippen LogP contribution in [0, 0.1) is 11.8 Å². The molecule has 2 bridgehead atoms. The maximum absolute atomic E-state index is 13.4. The van der Waals surface area contributed by atoms with Crippen molar-refractivity contribution in [3.05, 3.63) is 23.9 Å². The van der Waals surface area contributed by atoms with Gasteiger partial charge in [-0.05, 0) is 25.7 Å². The number of hydrogen-bond acceptors (Lipinski definition) is 6. The van der Waals surface area contributed by atoms with Gasteiger partial charge in [-0.2, -0.15) is 4.98 Å². The van der Waals surface area contributed by atoms with Crippen molar-refractivity contribution < 1.29 is 18.8 Å². The molecule has 1 spiro atoms. The molecule has 3 aliphatic heterocycles. The summed E-state index contributed by atoms with van der Waals surface area (Å²) in [5.41, 5.74) is -0.658. The predicted octanol–water partition coefficient (Wildman–Crippen LogP) is 2.27. The summed E-state index contributed by atoms with van der Waals surface area (Å²) in [6.45, 7) is 5.01. The standard InChI is InChI=1S/C22H30N4O4/c1-4-14(5-2)26-12-22-10-9-15(29-22)17(18(22)21(26)28)20(27)25(3)11-16-23-19(30-24-16)13-7-6-8-13/h9-10,13-15,17-18H,4-8,11-12H2,1-3H3/t15-,17+,18+,22-/m0/s1. The number of hydrogen-bond donors (Lipinski definition) is 0. The number of carbonyl (C=O) groups is 2. The zero-order chi connectivity index (χ0) is 21.0. The van der Waals surface area contributed by atoms with E-state index in [0.717, 1.165) is 25.7 Å². The van der Waals surface area contributed by atoms with Crippen LogP contribution in [0.4, 0.5) is 0 Å². The number of nitrogens with zero attached hydrogens (tertiary/aromatic N) is 4. The number of rotatable bonds is 7. The molecule has 0 N–H and O–H groups in total. The maximum atomic E-state index is 13.4. The van der Waals surface area contributed by atoms with Crippen LogP contribution in [0.2, 0.25) is 0 Å². The Morgan fingerprint density at radius 3 is 2.80 bits per heavy atom. The summed E-state index contributed by atoms with van der Waals surface area (Å²) in [5.74, 6) is 0.569. The molecule has 1 aromatic heterocycles. The first kappa shape index (κ1) is 19.7. The van der Waals surface area contributed by atoms with Crippen LogP contribution in [0.3, 0.4) is 0 Å².